The van der Waals surface area contributed by atoms with E-state index in [2.05, 4.69) is 55.1 Å². The van der Waals surface area contributed by atoms with Gasteiger partial charge in [-0.15, -0.1) is 0 Å². The lowest BCUT2D eigenvalue weighted by molar-refractivity contribution is 0.389. The van der Waals surface area contributed by atoms with Crippen molar-refractivity contribution in [2.75, 3.05) is 25.0 Å². The Morgan fingerprint density at radius 1 is 1.29 bits per heavy atom. The third-order valence-corrected chi connectivity index (χ3v) is 4.73. The molecular formula is C18H24N6. The van der Waals surface area contributed by atoms with Crippen LogP contribution >= 0.6 is 0 Å². The third-order valence-electron chi connectivity index (χ3n) is 4.73. The zero-order valence-corrected chi connectivity index (χ0v) is 14.1. The van der Waals surface area contributed by atoms with E-state index in [9.17, 15) is 0 Å². The SMILES string of the molecule is Cc1nc2ccccc2n1CCCNC[C@H]1CNc2ccnn2C1. The Bertz CT molecular complexity index is 818. The van der Waals surface area contributed by atoms with E-state index >= 15 is 0 Å². The third kappa shape index (κ3) is 3.01. The summed E-state index contributed by atoms with van der Waals surface area (Å²) in [6.45, 7) is 7.15. The zero-order chi connectivity index (χ0) is 16.4. The van der Waals surface area contributed by atoms with E-state index in [0.717, 1.165) is 56.3 Å². The maximum Gasteiger partial charge on any atom is 0.124 e. The highest BCUT2D eigenvalue weighted by atomic mass is 15.3. The quantitative estimate of drug-likeness (QED) is 0.683. The molecule has 24 heavy (non-hydrogen) atoms. The Hall–Kier alpha value is -2.34. The molecule has 0 bridgehead atoms. The van der Waals surface area contributed by atoms with Crippen molar-refractivity contribution in [3.05, 3.63) is 42.4 Å². The minimum Gasteiger partial charge on any atom is -0.370 e. The number of imidazole rings is 1. The molecule has 0 saturated heterocycles. The molecule has 2 N–H and O–H groups in total. The van der Waals surface area contributed by atoms with Crippen LogP contribution in [0.1, 0.15) is 12.2 Å². The summed E-state index contributed by atoms with van der Waals surface area (Å²) in [6.07, 6.45) is 2.96. The molecule has 6 heteroatoms. The van der Waals surface area contributed by atoms with E-state index in [0.29, 0.717) is 5.92 Å². The van der Waals surface area contributed by atoms with Crippen LogP contribution in [0.15, 0.2) is 36.5 Å². The number of hydrogen-bond acceptors (Lipinski definition) is 4. The summed E-state index contributed by atoms with van der Waals surface area (Å²) in [6, 6.07) is 10.4. The first-order chi connectivity index (χ1) is 11.8. The normalized spacial score (nSPS) is 17.0. The van der Waals surface area contributed by atoms with Gasteiger partial charge in [-0.2, -0.15) is 5.10 Å². The van der Waals surface area contributed by atoms with Crippen molar-refractivity contribution in [2.45, 2.75) is 26.4 Å². The zero-order valence-electron chi connectivity index (χ0n) is 14.1. The van der Waals surface area contributed by atoms with Crippen molar-refractivity contribution in [3.8, 4) is 0 Å². The second kappa shape index (κ2) is 6.65. The van der Waals surface area contributed by atoms with E-state index in [1.807, 2.05) is 18.3 Å². The van der Waals surface area contributed by atoms with E-state index < -0.39 is 0 Å². The van der Waals surface area contributed by atoms with Crippen molar-refractivity contribution >= 4 is 16.9 Å². The first kappa shape index (κ1) is 15.2. The predicted molar refractivity (Wildman–Crippen MR) is 96.2 cm³/mol. The average molecular weight is 324 g/mol. The van der Waals surface area contributed by atoms with E-state index in [-0.39, 0.29) is 0 Å². The van der Waals surface area contributed by atoms with Gasteiger partial charge in [0.2, 0.25) is 0 Å². The van der Waals surface area contributed by atoms with Gasteiger partial charge in [0, 0.05) is 38.2 Å². The molecule has 4 rings (SSSR count). The molecule has 1 aliphatic heterocycles. The van der Waals surface area contributed by atoms with E-state index in [4.69, 9.17) is 0 Å². The predicted octanol–water partition coefficient (Wildman–Crippen LogP) is 2.26. The number of nitrogens with zero attached hydrogens (tertiary/aromatic N) is 4. The topological polar surface area (TPSA) is 59.7 Å². The number of rotatable bonds is 6. The fourth-order valence-electron chi connectivity index (χ4n) is 3.47. The molecule has 0 amide bonds. The molecule has 3 heterocycles. The fraction of sp³-hybridized carbons (Fsp3) is 0.444. The second-order valence-corrected chi connectivity index (χ2v) is 6.50. The summed E-state index contributed by atoms with van der Waals surface area (Å²) < 4.78 is 4.37. The summed E-state index contributed by atoms with van der Waals surface area (Å²) in [5.41, 5.74) is 2.32. The van der Waals surface area contributed by atoms with Gasteiger partial charge in [-0.1, -0.05) is 12.1 Å². The Labute approximate surface area is 141 Å². The lowest BCUT2D eigenvalue weighted by atomic mass is 10.1. The highest BCUT2D eigenvalue weighted by molar-refractivity contribution is 5.75. The van der Waals surface area contributed by atoms with Crippen LogP contribution in [0, 0.1) is 12.8 Å². The van der Waals surface area contributed by atoms with Gasteiger partial charge < -0.3 is 15.2 Å². The van der Waals surface area contributed by atoms with Crippen LogP contribution in [0.25, 0.3) is 11.0 Å². The Balaban J connectivity index is 1.24. The largest absolute Gasteiger partial charge is 0.370 e. The van der Waals surface area contributed by atoms with E-state index in [1.165, 1.54) is 5.52 Å². The van der Waals surface area contributed by atoms with Crippen molar-refractivity contribution in [1.29, 1.82) is 0 Å². The number of fused-ring (bicyclic) bond motifs is 2. The smallest absolute Gasteiger partial charge is 0.124 e. The Morgan fingerprint density at radius 3 is 3.17 bits per heavy atom. The molecule has 0 spiro atoms. The maximum atomic E-state index is 4.63. The molecule has 1 aromatic carbocycles. The van der Waals surface area contributed by atoms with Crippen molar-refractivity contribution < 1.29 is 0 Å². The number of benzene rings is 1. The summed E-state index contributed by atoms with van der Waals surface area (Å²) >= 11 is 0. The molecule has 0 aliphatic carbocycles. The first-order valence-corrected chi connectivity index (χ1v) is 8.69. The first-order valence-electron chi connectivity index (χ1n) is 8.69. The Morgan fingerprint density at radius 2 is 2.21 bits per heavy atom. The molecule has 126 valence electrons. The molecule has 3 aromatic rings. The lowest BCUT2D eigenvalue weighted by Gasteiger charge is -2.25. The maximum absolute atomic E-state index is 4.63. The summed E-state index contributed by atoms with van der Waals surface area (Å²) in [5.74, 6) is 2.82. The number of hydrogen-bond donors (Lipinski definition) is 2. The van der Waals surface area contributed by atoms with Crippen LogP contribution in [-0.4, -0.2) is 39.0 Å². The molecule has 0 radical (unpaired) electrons. The average Bonchev–Trinajstić information content (AvgIpc) is 3.18. The van der Waals surface area contributed by atoms with E-state index in [1.54, 1.807) is 0 Å². The van der Waals surface area contributed by atoms with Crippen LogP contribution in [0.2, 0.25) is 0 Å². The van der Waals surface area contributed by atoms with Crippen molar-refractivity contribution in [3.63, 3.8) is 0 Å². The van der Waals surface area contributed by atoms with Gasteiger partial charge in [-0.05, 0) is 32.0 Å². The molecule has 6 nitrogen and oxygen atoms in total. The highest BCUT2D eigenvalue weighted by Gasteiger charge is 2.17. The van der Waals surface area contributed by atoms with Crippen LogP contribution in [0.4, 0.5) is 5.82 Å². The number of aromatic nitrogens is 4. The molecular weight excluding hydrogens is 300 g/mol. The molecule has 2 aromatic heterocycles. The molecule has 0 unspecified atom stereocenters. The molecule has 1 aliphatic rings. The van der Waals surface area contributed by atoms with Crippen molar-refractivity contribution in [1.82, 2.24) is 24.6 Å². The number of anilines is 1. The summed E-state index contributed by atoms with van der Waals surface area (Å²) in [7, 11) is 0. The van der Waals surface area contributed by atoms with Gasteiger partial charge in [-0.25, -0.2) is 9.67 Å². The molecule has 0 saturated carbocycles. The lowest BCUT2D eigenvalue weighted by Crippen LogP contribution is -2.35. The number of para-hydroxylation sites is 2. The summed E-state index contributed by atoms with van der Waals surface area (Å²) in [5, 5.41) is 11.4. The fourth-order valence-corrected chi connectivity index (χ4v) is 3.47. The van der Waals surface area contributed by atoms with Gasteiger partial charge in [-0.3, -0.25) is 0 Å². The second-order valence-electron chi connectivity index (χ2n) is 6.50. The van der Waals surface area contributed by atoms with Gasteiger partial charge in [0.25, 0.3) is 0 Å². The number of aryl methyl sites for hydroxylation is 2. The minimum absolute atomic E-state index is 0.591. The monoisotopic (exact) mass is 324 g/mol. The number of nitrogens with one attached hydrogen (secondary N) is 2. The standard InChI is InChI=1S/C18H24N6/c1-14-22-16-5-2-3-6-17(16)23(14)10-4-8-19-11-15-12-20-18-7-9-21-24(18)13-15/h2-3,5-7,9,15,19-20H,4,8,10-13H2,1H3/t15-/m0/s1. The Kier molecular flexibility index (Phi) is 4.21. The van der Waals surface area contributed by atoms with Gasteiger partial charge in [0.1, 0.15) is 11.6 Å². The summed E-state index contributed by atoms with van der Waals surface area (Å²) in [4.78, 5) is 4.63. The minimum atomic E-state index is 0.591. The van der Waals surface area contributed by atoms with Gasteiger partial charge >= 0.3 is 0 Å². The molecule has 1 atom stereocenters. The van der Waals surface area contributed by atoms with Crippen LogP contribution in [0.3, 0.4) is 0 Å². The highest BCUT2D eigenvalue weighted by Crippen LogP contribution is 2.16. The molecule has 0 fully saturated rings. The van der Waals surface area contributed by atoms with Crippen molar-refractivity contribution in [2.24, 2.45) is 5.92 Å². The van der Waals surface area contributed by atoms with Gasteiger partial charge in [0.15, 0.2) is 0 Å². The van der Waals surface area contributed by atoms with Crippen LogP contribution < -0.4 is 10.6 Å². The van der Waals surface area contributed by atoms with Gasteiger partial charge in [0.05, 0.1) is 17.2 Å². The van der Waals surface area contributed by atoms with Crippen LogP contribution in [0.5, 0.6) is 0 Å². The van der Waals surface area contributed by atoms with Crippen LogP contribution in [-0.2, 0) is 13.1 Å².